The van der Waals surface area contributed by atoms with Crippen LogP contribution >= 0.6 is 0 Å². The van der Waals surface area contributed by atoms with E-state index >= 15 is 0 Å². The van der Waals surface area contributed by atoms with Gasteiger partial charge in [0.25, 0.3) is 0 Å². The van der Waals surface area contributed by atoms with Gasteiger partial charge in [0.2, 0.25) is 0 Å². The van der Waals surface area contributed by atoms with Crippen LogP contribution in [0.5, 0.6) is 0 Å². The highest BCUT2D eigenvalue weighted by Crippen LogP contribution is 2.54. The van der Waals surface area contributed by atoms with Gasteiger partial charge in [-0.25, -0.2) is 0 Å². The normalized spacial score (nSPS) is 49.1. The molecule has 1 aliphatic carbocycles. The summed E-state index contributed by atoms with van der Waals surface area (Å²) >= 11 is 0. The number of rotatable bonds is 0. The Morgan fingerprint density at radius 2 is 1.36 bits per heavy atom. The number of fused-ring (bicyclic) bond motifs is 1. The van der Waals surface area contributed by atoms with Crippen molar-refractivity contribution in [2.24, 2.45) is 0 Å². The highest BCUT2D eigenvalue weighted by molar-refractivity contribution is 5.46. The van der Waals surface area contributed by atoms with Gasteiger partial charge < -0.3 is 9.47 Å². The monoisotopic (exact) mass is 154 g/mol. The van der Waals surface area contributed by atoms with Crippen LogP contribution in [0.4, 0.5) is 0 Å². The molecular formula is C9H14O2. The Balaban J connectivity index is 2.49. The van der Waals surface area contributed by atoms with E-state index in [2.05, 4.69) is 27.7 Å². The molecule has 1 saturated heterocycles. The largest absolute Gasteiger partial charge is 0.341 e. The zero-order valence-electron chi connectivity index (χ0n) is 7.52. The van der Waals surface area contributed by atoms with Gasteiger partial charge in [0.05, 0.1) is 0 Å². The molecule has 2 atom stereocenters. The molecule has 11 heavy (non-hydrogen) atoms. The lowest BCUT2D eigenvalue weighted by molar-refractivity contribution is -0.00144. The van der Waals surface area contributed by atoms with Gasteiger partial charge in [-0.1, -0.05) is 0 Å². The first kappa shape index (κ1) is 7.32. The Hall–Kier alpha value is -0.340. The molecule has 0 aromatic heterocycles. The van der Waals surface area contributed by atoms with Crippen LogP contribution in [0.25, 0.3) is 0 Å². The minimum absolute atomic E-state index is 0.142. The summed E-state index contributed by atoms with van der Waals surface area (Å²) in [7, 11) is 0. The van der Waals surface area contributed by atoms with Crippen molar-refractivity contribution in [1.29, 1.82) is 0 Å². The molecule has 62 valence electrons. The van der Waals surface area contributed by atoms with Crippen molar-refractivity contribution in [3.8, 4) is 0 Å². The minimum Gasteiger partial charge on any atom is -0.341 e. The number of hydrogen-bond acceptors (Lipinski definition) is 2. The van der Waals surface area contributed by atoms with Gasteiger partial charge >= 0.3 is 0 Å². The van der Waals surface area contributed by atoms with Gasteiger partial charge in [0.15, 0.2) is 0 Å². The molecule has 0 radical (unpaired) electrons. The Kier molecular flexibility index (Phi) is 1.13. The van der Waals surface area contributed by atoms with Gasteiger partial charge in [-0.3, -0.25) is 0 Å². The van der Waals surface area contributed by atoms with Gasteiger partial charge in [-0.05, 0) is 38.8 Å². The molecule has 0 amide bonds. The fourth-order valence-electron chi connectivity index (χ4n) is 2.13. The Bertz CT molecular complexity index is 220. The second kappa shape index (κ2) is 1.70. The SMILES string of the molecule is CC1=C(C)C2(C)OCOC12C. The molecule has 0 bridgehead atoms. The second-order valence-corrected chi connectivity index (χ2v) is 3.72. The Morgan fingerprint density at radius 3 is 1.73 bits per heavy atom. The lowest BCUT2D eigenvalue weighted by Gasteiger charge is -2.49. The summed E-state index contributed by atoms with van der Waals surface area (Å²) in [5.74, 6) is 0. The maximum Gasteiger partial charge on any atom is 0.149 e. The quantitative estimate of drug-likeness (QED) is 0.496. The first-order chi connectivity index (χ1) is 5.02. The molecule has 2 nitrogen and oxygen atoms in total. The van der Waals surface area contributed by atoms with Gasteiger partial charge in [-0.15, -0.1) is 0 Å². The summed E-state index contributed by atoms with van der Waals surface area (Å²) < 4.78 is 11.1. The molecule has 0 aromatic rings. The summed E-state index contributed by atoms with van der Waals surface area (Å²) in [4.78, 5) is 0. The Labute approximate surface area is 67.2 Å². The van der Waals surface area contributed by atoms with E-state index in [0.717, 1.165) is 0 Å². The highest BCUT2D eigenvalue weighted by Gasteiger charge is 2.61. The van der Waals surface area contributed by atoms with Crippen molar-refractivity contribution in [3.05, 3.63) is 11.1 Å². The average molecular weight is 154 g/mol. The van der Waals surface area contributed by atoms with Crippen molar-refractivity contribution in [3.63, 3.8) is 0 Å². The standard InChI is InChI=1S/C9H14O2/c1-6-7(2)9(4)8(6,3)10-5-11-9/h5H2,1-4H3. The zero-order chi connectivity index (χ0) is 8.28. The van der Waals surface area contributed by atoms with Crippen molar-refractivity contribution in [2.75, 3.05) is 6.79 Å². The van der Waals surface area contributed by atoms with E-state index < -0.39 is 0 Å². The van der Waals surface area contributed by atoms with E-state index in [9.17, 15) is 0 Å². The second-order valence-electron chi connectivity index (χ2n) is 3.72. The van der Waals surface area contributed by atoms with Crippen LogP contribution in [-0.4, -0.2) is 18.0 Å². The van der Waals surface area contributed by atoms with E-state index in [-0.39, 0.29) is 11.2 Å². The lowest BCUT2D eigenvalue weighted by Crippen LogP contribution is -2.57. The van der Waals surface area contributed by atoms with E-state index in [4.69, 9.17) is 9.47 Å². The molecule has 2 aliphatic rings. The average Bonchev–Trinajstić information content (AvgIpc) is 2.26. The third-order valence-corrected chi connectivity index (χ3v) is 3.60. The Morgan fingerprint density at radius 1 is 1.00 bits per heavy atom. The fraction of sp³-hybridized carbons (Fsp3) is 0.778. The molecule has 1 heterocycles. The van der Waals surface area contributed by atoms with Gasteiger partial charge in [0.1, 0.15) is 18.0 Å². The molecule has 2 unspecified atom stereocenters. The molecule has 1 fully saturated rings. The van der Waals surface area contributed by atoms with Gasteiger partial charge in [0, 0.05) is 0 Å². The summed E-state index contributed by atoms with van der Waals surface area (Å²) in [5.41, 5.74) is 2.38. The molecule has 0 aromatic carbocycles. The minimum atomic E-state index is -0.142. The molecule has 0 spiro atoms. The van der Waals surface area contributed by atoms with Crippen LogP contribution in [0.1, 0.15) is 27.7 Å². The summed E-state index contributed by atoms with van der Waals surface area (Å²) in [5, 5.41) is 0. The van der Waals surface area contributed by atoms with Crippen molar-refractivity contribution in [1.82, 2.24) is 0 Å². The van der Waals surface area contributed by atoms with Crippen LogP contribution in [0.15, 0.2) is 11.1 Å². The first-order valence-electron chi connectivity index (χ1n) is 3.99. The van der Waals surface area contributed by atoms with Crippen LogP contribution in [0, 0.1) is 0 Å². The summed E-state index contributed by atoms with van der Waals surface area (Å²) in [6.45, 7) is 8.86. The van der Waals surface area contributed by atoms with E-state index in [0.29, 0.717) is 6.79 Å². The molecule has 0 saturated carbocycles. The van der Waals surface area contributed by atoms with Crippen molar-refractivity contribution < 1.29 is 9.47 Å². The molecule has 1 aliphatic heterocycles. The van der Waals surface area contributed by atoms with Crippen LogP contribution in [0.3, 0.4) is 0 Å². The van der Waals surface area contributed by atoms with Crippen molar-refractivity contribution >= 4 is 0 Å². The summed E-state index contributed by atoms with van der Waals surface area (Å²) in [6, 6.07) is 0. The topological polar surface area (TPSA) is 18.5 Å². The third-order valence-electron chi connectivity index (χ3n) is 3.60. The third kappa shape index (κ3) is 0.531. The molecule has 2 heteroatoms. The van der Waals surface area contributed by atoms with Gasteiger partial charge in [-0.2, -0.15) is 0 Å². The maximum absolute atomic E-state index is 5.54. The molecular weight excluding hydrogens is 140 g/mol. The summed E-state index contributed by atoms with van der Waals surface area (Å²) in [6.07, 6.45) is 0. The highest BCUT2D eigenvalue weighted by atomic mass is 16.7. The maximum atomic E-state index is 5.54. The predicted octanol–water partition coefficient (Wildman–Crippen LogP) is 1.86. The van der Waals surface area contributed by atoms with E-state index in [1.54, 1.807) is 0 Å². The van der Waals surface area contributed by atoms with E-state index in [1.807, 2.05) is 0 Å². The first-order valence-corrected chi connectivity index (χ1v) is 3.99. The zero-order valence-corrected chi connectivity index (χ0v) is 7.52. The van der Waals surface area contributed by atoms with Crippen molar-refractivity contribution in [2.45, 2.75) is 38.9 Å². The number of hydrogen-bond donors (Lipinski definition) is 0. The number of ether oxygens (including phenoxy) is 2. The molecule has 2 rings (SSSR count). The lowest BCUT2D eigenvalue weighted by atomic mass is 9.63. The smallest absolute Gasteiger partial charge is 0.149 e. The van der Waals surface area contributed by atoms with Crippen LogP contribution in [-0.2, 0) is 9.47 Å². The fourth-order valence-corrected chi connectivity index (χ4v) is 2.13. The van der Waals surface area contributed by atoms with Crippen LogP contribution in [0.2, 0.25) is 0 Å². The van der Waals surface area contributed by atoms with E-state index in [1.165, 1.54) is 11.1 Å². The van der Waals surface area contributed by atoms with Crippen LogP contribution < -0.4 is 0 Å². The predicted molar refractivity (Wildman–Crippen MR) is 42.2 cm³/mol. The molecule has 0 N–H and O–H groups in total.